The summed E-state index contributed by atoms with van der Waals surface area (Å²) in [6, 6.07) is -0.889. The van der Waals surface area contributed by atoms with Crippen molar-refractivity contribution in [2.75, 3.05) is 40.9 Å². The zero-order chi connectivity index (χ0) is 56.3. The number of nitrogens with one attached hydrogen (secondary N) is 1. The average Bonchev–Trinajstić information content (AvgIpc) is 3.39. The quantitative estimate of drug-likeness (QED) is 0.0272. The first-order chi connectivity index (χ1) is 37.5. The van der Waals surface area contributed by atoms with Gasteiger partial charge in [-0.05, 0) is 51.4 Å². The number of aliphatic hydroxyl groups is 1. The summed E-state index contributed by atoms with van der Waals surface area (Å²) >= 11 is 0. The number of amides is 1. The Balaban J connectivity index is 4.06. The Morgan fingerprint density at radius 1 is 0.455 bits per heavy atom. The van der Waals surface area contributed by atoms with E-state index in [0.717, 1.165) is 44.9 Å². The van der Waals surface area contributed by atoms with Crippen LogP contribution in [0.4, 0.5) is 0 Å². The molecule has 0 aliphatic rings. The first-order valence-corrected chi connectivity index (χ1v) is 35.3. The lowest BCUT2D eigenvalue weighted by Crippen LogP contribution is -2.45. The minimum absolute atomic E-state index is 0.000544. The van der Waals surface area contributed by atoms with Crippen LogP contribution in [0.15, 0.2) is 36.5 Å². The van der Waals surface area contributed by atoms with E-state index in [9.17, 15) is 19.4 Å². The normalized spacial score (nSPS) is 13.9. The van der Waals surface area contributed by atoms with Crippen molar-refractivity contribution in [1.82, 2.24) is 5.32 Å². The molecule has 8 nitrogen and oxygen atoms in total. The molecule has 0 aliphatic carbocycles. The van der Waals surface area contributed by atoms with Crippen molar-refractivity contribution in [3.05, 3.63) is 36.5 Å². The fourth-order valence-corrected chi connectivity index (χ4v) is 11.0. The minimum Gasteiger partial charge on any atom is -0.756 e. The third-order valence-electron chi connectivity index (χ3n) is 15.6. The maximum Gasteiger partial charge on any atom is 0.268 e. The lowest BCUT2D eigenvalue weighted by molar-refractivity contribution is -0.870. The molecule has 0 aromatic rings. The first kappa shape index (κ1) is 75.7. The van der Waals surface area contributed by atoms with Gasteiger partial charge in [-0.25, -0.2) is 0 Å². The minimum atomic E-state index is -4.60. The highest BCUT2D eigenvalue weighted by Gasteiger charge is 2.23. The molecule has 0 saturated carbocycles. The molecule has 0 aliphatic heterocycles. The van der Waals surface area contributed by atoms with Crippen molar-refractivity contribution < 1.29 is 32.9 Å². The van der Waals surface area contributed by atoms with E-state index in [4.69, 9.17) is 9.05 Å². The summed E-state index contributed by atoms with van der Waals surface area (Å²) in [5.41, 5.74) is 0. The molecule has 1 amide bonds. The number of carbonyl (C=O) groups excluding carboxylic acids is 1. The SMILES string of the molecule is CCCCCCC/C=C\C/C=C\CCCCCCCCCCCCCC(=O)NC(COP(=O)([O-])OCC[N+](C)(C)C)C(O)/C=C/CCCCCCCCCCCCCCCCCCCCCCCCCCCCCCCC. The third kappa shape index (κ3) is 62.2. The number of hydrogen-bond acceptors (Lipinski definition) is 6. The van der Waals surface area contributed by atoms with E-state index >= 15 is 0 Å². The van der Waals surface area contributed by atoms with Crippen LogP contribution in [0.1, 0.15) is 341 Å². The van der Waals surface area contributed by atoms with Crippen LogP contribution in [0.3, 0.4) is 0 Å². The summed E-state index contributed by atoms with van der Waals surface area (Å²) in [5.74, 6) is -0.195. The van der Waals surface area contributed by atoms with Crippen LogP contribution in [0.5, 0.6) is 0 Å². The summed E-state index contributed by atoms with van der Waals surface area (Å²) in [6.07, 6.45) is 78.3. The number of aliphatic hydroxyl groups excluding tert-OH is 1. The van der Waals surface area contributed by atoms with Gasteiger partial charge in [-0.2, -0.15) is 0 Å². The van der Waals surface area contributed by atoms with Crippen LogP contribution in [0.2, 0.25) is 0 Å². The number of rotatable bonds is 63. The highest BCUT2D eigenvalue weighted by molar-refractivity contribution is 7.45. The zero-order valence-corrected chi connectivity index (χ0v) is 53.1. The van der Waals surface area contributed by atoms with Crippen LogP contribution in [0, 0.1) is 0 Å². The summed E-state index contributed by atoms with van der Waals surface area (Å²) in [5, 5.41) is 14.0. The number of nitrogens with zero attached hydrogens (tertiary/aromatic N) is 1. The second-order valence-corrected chi connectivity index (χ2v) is 25.9. The summed E-state index contributed by atoms with van der Waals surface area (Å²) in [4.78, 5) is 25.6. The highest BCUT2D eigenvalue weighted by atomic mass is 31.2. The monoisotopic (exact) mass is 1100 g/mol. The number of quaternary nitrogens is 1. The fraction of sp³-hybridized carbons (Fsp3) is 0.897. The van der Waals surface area contributed by atoms with E-state index in [1.807, 2.05) is 27.2 Å². The van der Waals surface area contributed by atoms with Gasteiger partial charge >= 0.3 is 0 Å². The molecule has 3 atom stereocenters. The van der Waals surface area contributed by atoms with Gasteiger partial charge < -0.3 is 28.8 Å². The first-order valence-electron chi connectivity index (χ1n) is 33.9. The zero-order valence-electron chi connectivity index (χ0n) is 52.2. The van der Waals surface area contributed by atoms with Crippen LogP contribution in [-0.4, -0.2) is 68.5 Å². The van der Waals surface area contributed by atoms with Crippen molar-refractivity contribution in [2.24, 2.45) is 0 Å². The maximum atomic E-state index is 13.0. The van der Waals surface area contributed by atoms with Gasteiger partial charge in [0.25, 0.3) is 7.82 Å². The van der Waals surface area contributed by atoms with Crippen LogP contribution in [0.25, 0.3) is 0 Å². The Morgan fingerprint density at radius 3 is 1.08 bits per heavy atom. The van der Waals surface area contributed by atoms with Crippen molar-refractivity contribution >= 4 is 13.7 Å². The molecule has 0 aromatic carbocycles. The Bertz CT molecular complexity index is 1350. The summed E-state index contributed by atoms with van der Waals surface area (Å²) in [6.45, 7) is 4.69. The second-order valence-electron chi connectivity index (χ2n) is 24.5. The summed E-state index contributed by atoms with van der Waals surface area (Å²) in [7, 11) is 1.27. The molecule has 2 N–H and O–H groups in total. The molecule has 0 heterocycles. The van der Waals surface area contributed by atoms with Gasteiger partial charge in [0.2, 0.25) is 5.91 Å². The Labute approximate surface area is 480 Å². The van der Waals surface area contributed by atoms with Crippen LogP contribution < -0.4 is 10.2 Å². The maximum absolute atomic E-state index is 13.0. The molecule has 77 heavy (non-hydrogen) atoms. The van der Waals surface area contributed by atoms with E-state index in [1.54, 1.807) is 6.08 Å². The molecule has 0 saturated heterocycles. The molecule has 0 aromatic heterocycles. The van der Waals surface area contributed by atoms with Crippen molar-refractivity contribution in [3.63, 3.8) is 0 Å². The average molecular weight is 1110 g/mol. The summed E-state index contributed by atoms with van der Waals surface area (Å²) < 4.78 is 23.4. The Hall–Kier alpha value is -1.28. The molecule has 0 rings (SSSR count). The van der Waals surface area contributed by atoms with Crippen molar-refractivity contribution in [3.8, 4) is 0 Å². The van der Waals surface area contributed by atoms with Crippen molar-refractivity contribution in [2.45, 2.75) is 353 Å². The van der Waals surface area contributed by atoms with E-state index in [1.165, 1.54) is 276 Å². The molecule has 0 radical (unpaired) electrons. The van der Waals surface area contributed by atoms with Gasteiger partial charge in [-0.3, -0.25) is 9.36 Å². The van der Waals surface area contributed by atoms with Gasteiger partial charge in [-0.1, -0.05) is 320 Å². The topological polar surface area (TPSA) is 108 Å². The molecule has 9 heteroatoms. The lowest BCUT2D eigenvalue weighted by atomic mass is 10.0. The van der Waals surface area contributed by atoms with E-state index in [2.05, 4.69) is 43.5 Å². The molecule has 3 unspecified atom stereocenters. The number of phosphoric ester groups is 1. The number of hydrogen-bond donors (Lipinski definition) is 2. The predicted octanol–water partition coefficient (Wildman–Crippen LogP) is 20.6. The van der Waals surface area contributed by atoms with Gasteiger partial charge in [0.1, 0.15) is 13.2 Å². The number of carbonyl (C=O) groups is 1. The number of unbranched alkanes of at least 4 members (excludes halogenated alkanes) is 46. The highest BCUT2D eigenvalue weighted by Crippen LogP contribution is 2.38. The third-order valence-corrected chi connectivity index (χ3v) is 16.6. The number of allylic oxidation sites excluding steroid dienone is 5. The number of likely N-dealkylation sites (N-methyl/N-ethyl adjacent to an activating group) is 1. The Kier molecular flexibility index (Phi) is 58.4. The molecule has 0 bridgehead atoms. The van der Waals surface area contributed by atoms with E-state index in [0.29, 0.717) is 17.4 Å². The van der Waals surface area contributed by atoms with Gasteiger partial charge in [0.05, 0.1) is 39.9 Å². The van der Waals surface area contributed by atoms with Gasteiger partial charge in [-0.15, -0.1) is 0 Å². The molecular formula is C68H133N2O6P. The molecular weight excluding hydrogens is 972 g/mol. The lowest BCUT2D eigenvalue weighted by Gasteiger charge is -2.29. The Morgan fingerprint density at radius 2 is 0.753 bits per heavy atom. The van der Waals surface area contributed by atoms with E-state index in [-0.39, 0.29) is 19.1 Å². The van der Waals surface area contributed by atoms with Gasteiger partial charge in [0, 0.05) is 6.42 Å². The van der Waals surface area contributed by atoms with Gasteiger partial charge in [0.15, 0.2) is 0 Å². The van der Waals surface area contributed by atoms with E-state index < -0.39 is 20.0 Å². The standard InChI is InChI=1S/C68H133N2O6P/c1-6-8-10-12-14-16-18-20-22-24-26-28-30-31-32-33-34-35-36-37-38-40-41-43-45-47-49-51-53-55-57-59-61-67(71)66(65-76-77(73,74)75-64-63-70(3,4)5)69-68(72)62-60-58-56-54-52-50-48-46-44-42-39-29-27-25-23-21-19-17-15-13-11-9-7-2/h19,21,25,27,59,61,66-67,71H,6-18,20,22-24,26,28-58,60,62-65H2,1-5H3,(H-,69,72,73,74)/b21-19-,27-25-,61-59+. The predicted molar refractivity (Wildman–Crippen MR) is 335 cm³/mol. The smallest absolute Gasteiger partial charge is 0.268 e. The fourth-order valence-electron chi connectivity index (χ4n) is 10.3. The van der Waals surface area contributed by atoms with Crippen LogP contribution >= 0.6 is 7.82 Å². The molecule has 0 spiro atoms. The largest absolute Gasteiger partial charge is 0.756 e. The van der Waals surface area contributed by atoms with Crippen LogP contribution in [-0.2, 0) is 18.4 Å². The molecule has 456 valence electrons. The van der Waals surface area contributed by atoms with Crippen molar-refractivity contribution in [1.29, 1.82) is 0 Å². The number of phosphoric acid groups is 1. The molecule has 0 fully saturated rings. The second kappa shape index (κ2) is 59.3.